The number of carbonyl (C=O) groups excluding carboxylic acids is 2. The Morgan fingerprint density at radius 1 is 1.07 bits per heavy atom. The van der Waals surface area contributed by atoms with Crippen LogP contribution in [0.25, 0.3) is 0 Å². The van der Waals surface area contributed by atoms with Crippen LogP contribution in [0.5, 0.6) is 5.75 Å². The fourth-order valence-electron chi connectivity index (χ4n) is 2.79. The number of hydrogen-bond donors (Lipinski definition) is 3. The van der Waals surface area contributed by atoms with E-state index in [0.717, 1.165) is 6.42 Å². The summed E-state index contributed by atoms with van der Waals surface area (Å²) < 4.78 is 6.67. The fraction of sp³-hybridized carbons (Fsp3) is 0.238. The van der Waals surface area contributed by atoms with Crippen molar-refractivity contribution in [3.05, 3.63) is 59.8 Å². The maximum Gasteiger partial charge on any atom is 0.280 e. The maximum atomic E-state index is 12.6. The second-order valence-corrected chi connectivity index (χ2v) is 6.46. The number of hydrogen-bond acceptors (Lipinski definition) is 6. The lowest BCUT2D eigenvalue weighted by atomic mass is 10.1. The fourth-order valence-corrected chi connectivity index (χ4v) is 2.79. The third kappa shape index (κ3) is 4.93. The van der Waals surface area contributed by atoms with Crippen LogP contribution >= 0.6 is 0 Å². The van der Waals surface area contributed by atoms with Gasteiger partial charge in [-0.1, -0.05) is 36.4 Å². The molecule has 1 aromatic heterocycles. The van der Waals surface area contributed by atoms with Gasteiger partial charge < -0.3 is 21.1 Å². The minimum absolute atomic E-state index is 0.00197. The average molecular weight is 408 g/mol. The Bertz CT molecular complexity index is 1030. The molecule has 0 saturated heterocycles. The highest BCUT2D eigenvalue weighted by molar-refractivity contribution is 6.06. The molecule has 0 saturated carbocycles. The Morgan fingerprint density at radius 2 is 1.80 bits per heavy atom. The monoisotopic (exact) mass is 408 g/mol. The van der Waals surface area contributed by atoms with Gasteiger partial charge in [-0.25, -0.2) is 4.68 Å². The summed E-state index contributed by atoms with van der Waals surface area (Å²) in [5.41, 5.74) is 8.27. The van der Waals surface area contributed by atoms with Gasteiger partial charge in [-0.15, -0.1) is 5.10 Å². The Kier molecular flexibility index (Phi) is 6.63. The van der Waals surface area contributed by atoms with Crippen LogP contribution in [0.4, 0.5) is 17.2 Å². The Labute approximate surface area is 174 Å². The molecule has 0 fully saturated rings. The SMILES string of the molecule is CCOc1ccccc1NC(=O)c1nnn(CC(=O)Nc2ccc(CC)cc2)c1N. The number of benzene rings is 2. The molecule has 9 heteroatoms. The number of nitrogens with zero attached hydrogens (tertiary/aromatic N) is 3. The number of aryl methyl sites for hydroxylation is 1. The van der Waals surface area contributed by atoms with E-state index >= 15 is 0 Å². The molecular weight excluding hydrogens is 384 g/mol. The molecular formula is C21H24N6O3. The van der Waals surface area contributed by atoms with Crippen LogP contribution < -0.4 is 21.1 Å². The lowest BCUT2D eigenvalue weighted by molar-refractivity contribution is -0.116. The first-order valence-electron chi connectivity index (χ1n) is 9.62. The number of carbonyl (C=O) groups is 2. The molecule has 0 aliphatic heterocycles. The van der Waals surface area contributed by atoms with E-state index in [2.05, 4.69) is 27.9 Å². The van der Waals surface area contributed by atoms with Crippen molar-refractivity contribution in [2.45, 2.75) is 26.8 Å². The van der Waals surface area contributed by atoms with Gasteiger partial charge in [-0.2, -0.15) is 0 Å². The van der Waals surface area contributed by atoms with Gasteiger partial charge in [0.2, 0.25) is 5.91 Å². The number of para-hydroxylation sites is 2. The van der Waals surface area contributed by atoms with Crippen molar-refractivity contribution >= 4 is 29.0 Å². The molecule has 0 aliphatic carbocycles. The number of amides is 2. The second-order valence-electron chi connectivity index (χ2n) is 6.46. The number of rotatable bonds is 8. The topological polar surface area (TPSA) is 124 Å². The minimum Gasteiger partial charge on any atom is -0.492 e. The lowest BCUT2D eigenvalue weighted by Crippen LogP contribution is -2.21. The highest BCUT2D eigenvalue weighted by Gasteiger charge is 2.20. The maximum absolute atomic E-state index is 12.6. The Morgan fingerprint density at radius 3 is 2.50 bits per heavy atom. The predicted octanol–water partition coefficient (Wildman–Crippen LogP) is 2.71. The first-order valence-corrected chi connectivity index (χ1v) is 9.62. The third-order valence-electron chi connectivity index (χ3n) is 4.36. The Hall–Kier alpha value is -3.88. The first kappa shape index (κ1) is 20.8. The summed E-state index contributed by atoms with van der Waals surface area (Å²) in [5, 5.41) is 13.1. The minimum atomic E-state index is -0.540. The van der Waals surface area contributed by atoms with E-state index in [1.807, 2.05) is 31.2 Å². The largest absolute Gasteiger partial charge is 0.492 e. The quantitative estimate of drug-likeness (QED) is 0.526. The van der Waals surface area contributed by atoms with E-state index in [-0.39, 0.29) is 24.0 Å². The molecule has 0 bridgehead atoms. The molecule has 2 amide bonds. The van der Waals surface area contributed by atoms with E-state index in [9.17, 15) is 9.59 Å². The molecule has 30 heavy (non-hydrogen) atoms. The smallest absolute Gasteiger partial charge is 0.280 e. The number of anilines is 3. The molecule has 4 N–H and O–H groups in total. The van der Waals surface area contributed by atoms with E-state index in [1.165, 1.54) is 10.2 Å². The molecule has 3 rings (SSSR count). The molecule has 9 nitrogen and oxygen atoms in total. The van der Waals surface area contributed by atoms with Crippen LogP contribution in [0.2, 0.25) is 0 Å². The van der Waals surface area contributed by atoms with E-state index in [1.54, 1.807) is 24.3 Å². The Balaban J connectivity index is 1.66. The van der Waals surface area contributed by atoms with Gasteiger partial charge in [0.15, 0.2) is 11.5 Å². The molecule has 0 unspecified atom stereocenters. The molecule has 0 aliphatic rings. The number of nitrogens with two attached hydrogens (primary N) is 1. The summed E-state index contributed by atoms with van der Waals surface area (Å²) in [6.45, 7) is 4.20. The first-order chi connectivity index (χ1) is 14.5. The van der Waals surface area contributed by atoms with Gasteiger partial charge in [-0.3, -0.25) is 9.59 Å². The predicted molar refractivity (Wildman–Crippen MR) is 114 cm³/mol. The van der Waals surface area contributed by atoms with Crippen LogP contribution in [0.1, 0.15) is 29.9 Å². The zero-order valence-corrected chi connectivity index (χ0v) is 16.9. The second kappa shape index (κ2) is 9.55. The highest BCUT2D eigenvalue weighted by Crippen LogP contribution is 2.24. The standard InChI is InChI=1S/C21H24N6O3/c1-3-14-9-11-15(12-10-14)23-18(28)13-27-20(22)19(25-26-27)21(29)24-16-7-5-6-8-17(16)30-4-2/h5-12H,3-4,13,22H2,1-2H3,(H,23,28)(H,24,29). The van der Waals surface area contributed by atoms with Crippen LogP contribution in [-0.2, 0) is 17.8 Å². The summed E-state index contributed by atoms with van der Waals surface area (Å²) in [7, 11) is 0. The van der Waals surface area contributed by atoms with Crippen LogP contribution in [0, 0.1) is 0 Å². The van der Waals surface area contributed by atoms with Crippen molar-refractivity contribution in [3.8, 4) is 5.75 Å². The van der Waals surface area contributed by atoms with Crippen LogP contribution in [0.15, 0.2) is 48.5 Å². The van der Waals surface area contributed by atoms with E-state index < -0.39 is 5.91 Å². The van der Waals surface area contributed by atoms with E-state index in [4.69, 9.17) is 10.5 Å². The number of ether oxygens (including phenoxy) is 1. The highest BCUT2D eigenvalue weighted by atomic mass is 16.5. The zero-order valence-electron chi connectivity index (χ0n) is 16.9. The molecule has 1 heterocycles. The van der Waals surface area contributed by atoms with Gasteiger partial charge in [0.1, 0.15) is 12.3 Å². The van der Waals surface area contributed by atoms with Crippen molar-refractivity contribution in [2.75, 3.05) is 23.0 Å². The molecule has 2 aromatic carbocycles. The summed E-state index contributed by atoms with van der Waals surface area (Å²) >= 11 is 0. The summed E-state index contributed by atoms with van der Waals surface area (Å²) in [5.74, 6) is -0.336. The molecule has 3 aromatic rings. The lowest BCUT2D eigenvalue weighted by Gasteiger charge is -2.10. The average Bonchev–Trinajstić information content (AvgIpc) is 3.10. The third-order valence-corrected chi connectivity index (χ3v) is 4.36. The van der Waals surface area contributed by atoms with E-state index in [0.29, 0.717) is 23.7 Å². The summed E-state index contributed by atoms with van der Waals surface area (Å²) in [6, 6.07) is 14.6. The zero-order chi connectivity index (χ0) is 21.5. The van der Waals surface area contributed by atoms with Crippen LogP contribution in [0.3, 0.4) is 0 Å². The summed E-state index contributed by atoms with van der Waals surface area (Å²) in [6.07, 6.45) is 0.920. The van der Waals surface area contributed by atoms with Gasteiger partial charge in [0.05, 0.1) is 12.3 Å². The van der Waals surface area contributed by atoms with Crippen LogP contribution in [-0.4, -0.2) is 33.4 Å². The van der Waals surface area contributed by atoms with Gasteiger partial charge in [0.25, 0.3) is 5.91 Å². The van der Waals surface area contributed by atoms with Crippen molar-refractivity contribution < 1.29 is 14.3 Å². The van der Waals surface area contributed by atoms with Gasteiger partial charge >= 0.3 is 0 Å². The normalized spacial score (nSPS) is 10.5. The van der Waals surface area contributed by atoms with Crippen molar-refractivity contribution in [1.82, 2.24) is 15.0 Å². The number of aromatic nitrogens is 3. The number of nitrogens with one attached hydrogen (secondary N) is 2. The summed E-state index contributed by atoms with van der Waals surface area (Å²) in [4.78, 5) is 24.9. The molecule has 0 radical (unpaired) electrons. The van der Waals surface area contributed by atoms with Crippen molar-refractivity contribution in [2.24, 2.45) is 0 Å². The molecule has 0 spiro atoms. The van der Waals surface area contributed by atoms with Crippen molar-refractivity contribution in [1.29, 1.82) is 0 Å². The van der Waals surface area contributed by atoms with Gasteiger partial charge in [-0.05, 0) is 43.2 Å². The number of nitrogen functional groups attached to an aromatic ring is 1. The van der Waals surface area contributed by atoms with Gasteiger partial charge in [0, 0.05) is 5.69 Å². The molecule has 156 valence electrons. The molecule has 0 atom stereocenters. The van der Waals surface area contributed by atoms with Crippen molar-refractivity contribution in [3.63, 3.8) is 0 Å².